The van der Waals surface area contributed by atoms with Gasteiger partial charge in [-0.15, -0.1) is 0 Å². The van der Waals surface area contributed by atoms with E-state index in [0.29, 0.717) is 0 Å². The van der Waals surface area contributed by atoms with Gasteiger partial charge in [0.15, 0.2) is 0 Å². The minimum Gasteiger partial charge on any atom is -0.468 e. The number of methoxy groups -OCH3 is 1. The van der Waals surface area contributed by atoms with Crippen LogP contribution in [0.3, 0.4) is 0 Å². The van der Waals surface area contributed by atoms with Crippen molar-refractivity contribution >= 4 is 22.3 Å². The first kappa shape index (κ1) is 16.6. The first-order valence-corrected chi connectivity index (χ1v) is 6.39. The molecule has 0 fully saturated rings. The van der Waals surface area contributed by atoms with Gasteiger partial charge in [-0.05, 0) is 13.8 Å². The van der Waals surface area contributed by atoms with E-state index in [9.17, 15) is 18.0 Å². The Morgan fingerprint density at radius 2 is 1.89 bits per heavy atom. The molecular formula is C8H16N2O7S. The molecule has 0 saturated heterocycles. The Labute approximate surface area is 105 Å². The van der Waals surface area contributed by atoms with Crippen molar-refractivity contribution in [3.8, 4) is 0 Å². The Hall–Kier alpha value is -1.39. The Morgan fingerprint density at radius 1 is 1.33 bits per heavy atom. The summed E-state index contributed by atoms with van der Waals surface area (Å²) in [5.74, 6) is -0.986. The van der Waals surface area contributed by atoms with Gasteiger partial charge >= 0.3 is 22.3 Å². The van der Waals surface area contributed by atoms with Gasteiger partial charge in [-0.1, -0.05) is 0 Å². The van der Waals surface area contributed by atoms with E-state index in [1.807, 2.05) is 0 Å². The standard InChI is InChI=1S/C8H16N2O7S/c1-5(2)17-8(13)10-18(14,15)9-6(4-11)7(12)16-3/h5-6,9,11H,4H2,1-3H3,(H,10,13). The normalized spacial score (nSPS) is 12.9. The molecule has 0 rings (SSSR count). The second-order valence-electron chi connectivity index (χ2n) is 3.44. The minimum absolute atomic E-state index is 0.505. The summed E-state index contributed by atoms with van der Waals surface area (Å²) in [6, 6.07) is -1.50. The molecule has 1 atom stereocenters. The van der Waals surface area contributed by atoms with Crippen molar-refractivity contribution in [1.29, 1.82) is 0 Å². The zero-order valence-electron chi connectivity index (χ0n) is 10.2. The number of carbonyl (C=O) groups excluding carboxylic acids is 2. The van der Waals surface area contributed by atoms with Crippen LogP contribution in [0.25, 0.3) is 0 Å². The van der Waals surface area contributed by atoms with E-state index in [-0.39, 0.29) is 0 Å². The van der Waals surface area contributed by atoms with Gasteiger partial charge in [0.2, 0.25) is 0 Å². The van der Waals surface area contributed by atoms with E-state index in [0.717, 1.165) is 7.11 Å². The second-order valence-corrected chi connectivity index (χ2v) is 4.88. The smallest absolute Gasteiger partial charge is 0.422 e. The maximum atomic E-state index is 11.4. The summed E-state index contributed by atoms with van der Waals surface area (Å²) in [6.07, 6.45) is -1.70. The number of aliphatic hydroxyl groups is 1. The van der Waals surface area contributed by atoms with Crippen LogP contribution < -0.4 is 9.44 Å². The van der Waals surface area contributed by atoms with E-state index in [4.69, 9.17) is 5.11 Å². The lowest BCUT2D eigenvalue weighted by molar-refractivity contribution is -0.143. The largest absolute Gasteiger partial charge is 0.468 e. The Kier molecular flexibility index (Phi) is 6.58. The summed E-state index contributed by atoms with van der Waals surface area (Å²) in [5.41, 5.74) is 0. The van der Waals surface area contributed by atoms with E-state index < -0.39 is 41.0 Å². The Bertz CT molecular complexity index is 392. The maximum Gasteiger partial charge on any atom is 0.422 e. The zero-order chi connectivity index (χ0) is 14.3. The van der Waals surface area contributed by atoms with Crippen molar-refractivity contribution in [2.24, 2.45) is 0 Å². The third kappa shape index (κ3) is 6.37. The number of hydrogen-bond donors (Lipinski definition) is 3. The molecule has 10 heteroatoms. The number of hydrogen-bond acceptors (Lipinski definition) is 7. The quantitative estimate of drug-likeness (QED) is 0.505. The predicted molar refractivity (Wildman–Crippen MR) is 59.7 cm³/mol. The third-order valence-corrected chi connectivity index (χ3v) is 2.56. The molecule has 0 radical (unpaired) electrons. The molecule has 0 saturated carbocycles. The molecule has 18 heavy (non-hydrogen) atoms. The molecule has 0 aromatic heterocycles. The van der Waals surface area contributed by atoms with Gasteiger partial charge in [-0.25, -0.2) is 9.52 Å². The van der Waals surface area contributed by atoms with Crippen LogP contribution in [0, 0.1) is 0 Å². The highest BCUT2D eigenvalue weighted by Gasteiger charge is 2.26. The van der Waals surface area contributed by atoms with Gasteiger partial charge in [-0.2, -0.15) is 13.1 Å². The number of aliphatic hydroxyl groups excluding tert-OH is 1. The molecule has 3 N–H and O–H groups in total. The van der Waals surface area contributed by atoms with Crippen molar-refractivity contribution in [3.05, 3.63) is 0 Å². The predicted octanol–water partition coefficient (Wildman–Crippen LogP) is -1.51. The zero-order valence-corrected chi connectivity index (χ0v) is 11.0. The van der Waals surface area contributed by atoms with Crippen molar-refractivity contribution in [2.45, 2.75) is 26.0 Å². The highest BCUT2D eigenvalue weighted by atomic mass is 32.2. The van der Waals surface area contributed by atoms with Gasteiger partial charge < -0.3 is 14.6 Å². The molecule has 0 aliphatic carbocycles. The third-order valence-electron chi connectivity index (χ3n) is 1.53. The molecule has 0 bridgehead atoms. The second kappa shape index (κ2) is 7.13. The molecule has 0 heterocycles. The molecule has 1 amide bonds. The van der Waals surface area contributed by atoms with Gasteiger partial charge in [0.05, 0.1) is 19.8 Å². The molecule has 0 spiro atoms. The van der Waals surface area contributed by atoms with Crippen molar-refractivity contribution in [3.63, 3.8) is 0 Å². The van der Waals surface area contributed by atoms with E-state index in [2.05, 4.69) is 9.47 Å². The fraction of sp³-hybridized carbons (Fsp3) is 0.750. The van der Waals surface area contributed by atoms with Crippen LogP contribution in [0.2, 0.25) is 0 Å². The minimum atomic E-state index is -4.33. The van der Waals surface area contributed by atoms with Crippen LogP contribution in [0.15, 0.2) is 0 Å². The number of amides is 1. The van der Waals surface area contributed by atoms with Crippen molar-refractivity contribution < 1.29 is 32.6 Å². The SMILES string of the molecule is COC(=O)C(CO)NS(=O)(=O)NC(=O)OC(C)C. The summed E-state index contributed by atoms with van der Waals surface area (Å²) >= 11 is 0. The molecule has 1 unspecified atom stereocenters. The highest BCUT2D eigenvalue weighted by Crippen LogP contribution is 1.93. The number of rotatable bonds is 6. The summed E-state index contributed by atoms with van der Waals surface area (Å²) in [7, 11) is -3.30. The molecule has 0 aliphatic heterocycles. The van der Waals surface area contributed by atoms with Crippen molar-refractivity contribution in [1.82, 2.24) is 9.44 Å². The van der Waals surface area contributed by atoms with Gasteiger partial charge in [0, 0.05) is 0 Å². The Balaban J connectivity index is 4.55. The summed E-state index contributed by atoms with van der Waals surface area (Å²) < 4.78 is 34.8. The number of esters is 1. The van der Waals surface area contributed by atoms with Crippen LogP contribution in [0.4, 0.5) is 4.79 Å². The van der Waals surface area contributed by atoms with Gasteiger partial charge in [0.25, 0.3) is 0 Å². The monoisotopic (exact) mass is 284 g/mol. The Morgan fingerprint density at radius 3 is 2.28 bits per heavy atom. The van der Waals surface area contributed by atoms with Gasteiger partial charge in [0.1, 0.15) is 6.04 Å². The molecule has 0 aromatic rings. The lowest BCUT2D eigenvalue weighted by Gasteiger charge is -2.15. The first-order valence-electron chi connectivity index (χ1n) is 4.91. The fourth-order valence-electron chi connectivity index (χ4n) is 0.867. The topological polar surface area (TPSA) is 131 Å². The van der Waals surface area contributed by atoms with Crippen LogP contribution in [-0.2, 0) is 24.5 Å². The maximum absolute atomic E-state index is 11.4. The van der Waals surface area contributed by atoms with Crippen LogP contribution >= 0.6 is 0 Å². The molecule has 0 aromatic carbocycles. The lowest BCUT2D eigenvalue weighted by Crippen LogP contribution is -2.50. The summed E-state index contributed by atoms with van der Waals surface area (Å²) in [5, 5.41) is 8.80. The van der Waals surface area contributed by atoms with Crippen molar-refractivity contribution in [2.75, 3.05) is 13.7 Å². The van der Waals surface area contributed by atoms with Gasteiger partial charge in [-0.3, -0.25) is 4.79 Å². The number of ether oxygens (including phenoxy) is 2. The molecule has 9 nitrogen and oxygen atoms in total. The molecule has 0 aliphatic rings. The average molecular weight is 284 g/mol. The average Bonchev–Trinajstić information content (AvgIpc) is 2.22. The van der Waals surface area contributed by atoms with Crippen LogP contribution in [-0.4, -0.2) is 51.4 Å². The van der Waals surface area contributed by atoms with E-state index in [1.165, 1.54) is 18.6 Å². The number of nitrogens with one attached hydrogen (secondary N) is 2. The van der Waals surface area contributed by atoms with Crippen LogP contribution in [0.5, 0.6) is 0 Å². The summed E-state index contributed by atoms with van der Waals surface area (Å²) in [6.45, 7) is 2.25. The van der Waals surface area contributed by atoms with Crippen LogP contribution in [0.1, 0.15) is 13.8 Å². The summed E-state index contributed by atoms with van der Waals surface area (Å²) in [4.78, 5) is 22.1. The lowest BCUT2D eigenvalue weighted by atomic mass is 10.3. The molecular weight excluding hydrogens is 268 g/mol. The first-order chi connectivity index (χ1) is 8.21. The number of carbonyl (C=O) groups is 2. The molecule has 106 valence electrons. The van der Waals surface area contributed by atoms with E-state index in [1.54, 1.807) is 4.72 Å². The highest BCUT2D eigenvalue weighted by molar-refractivity contribution is 7.88. The van der Waals surface area contributed by atoms with E-state index >= 15 is 0 Å². The fourth-order valence-corrected chi connectivity index (χ4v) is 1.74.